The van der Waals surface area contributed by atoms with Gasteiger partial charge in [-0.3, -0.25) is 9.52 Å². The van der Waals surface area contributed by atoms with Crippen molar-refractivity contribution in [1.29, 1.82) is 0 Å². The maximum absolute atomic E-state index is 12.8. The van der Waals surface area contributed by atoms with Crippen LogP contribution >= 0.6 is 0 Å². The Hall–Kier alpha value is -3.46. The molecule has 0 spiro atoms. The molecular formula is C24H27N5O3S. The maximum atomic E-state index is 12.8. The molecule has 1 fully saturated rings. The van der Waals surface area contributed by atoms with Crippen molar-refractivity contribution in [3.63, 3.8) is 0 Å². The van der Waals surface area contributed by atoms with Gasteiger partial charge in [0.05, 0.1) is 4.90 Å². The molecule has 0 aliphatic carbocycles. The molecule has 1 aliphatic heterocycles. The van der Waals surface area contributed by atoms with E-state index in [0.29, 0.717) is 22.8 Å². The number of anilines is 2. The van der Waals surface area contributed by atoms with E-state index in [0.717, 1.165) is 31.5 Å². The largest absolute Gasteiger partial charge is 0.349 e. The molecule has 9 heteroatoms. The number of aromatic nitrogens is 2. The lowest BCUT2D eigenvalue weighted by Crippen LogP contribution is -2.45. The number of nitrogens with one attached hydrogen (secondary N) is 2. The van der Waals surface area contributed by atoms with E-state index in [1.54, 1.807) is 61.8 Å². The first-order chi connectivity index (χ1) is 15.8. The lowest BCUT2D eigenvalue weighted by molar-refractivity contribution is 0.0931. The summed E-state index contributed by atoms with van der Waals surface area (Å²) in [5.74, 6) is 0.537. The van der Waals surface area contributed by atoms with E-state index >= 15 is 0 Å². The SMILES string of the molecule is Cc1ccc(C)c(S(=O)(=O)Nc2ccc(C(=O)NC3CCN(c4ncccn4)CC3)cc2)c1. The van der Waals surface area contributed by atoms with Crippen molar-refractivity contribution in [1.82, 2.24) is 15.3 Å². The fourth-order valence-electron chi connectivity index (χ4n) is 3.84. The van der Waals surface area contributed by atoms with E-state index in [9.17, 15) is 13.2 Å². The van der Waals surface area contributed by atoms with Gasteiger partial charge in [-0.1, -0.05) is 12.1 Å². The number of rotatable bonds is 6. The molecule has 172 valence electrons. The first-order valence-electron chi connectivity index (χ1n) is 10.8. The van der Waals surface area contributed by atoms with Crippen LogP contribution in [0, 0.1) is 13.8 Å². The van der Waals surface area contributed by atoms with Crippen molar-refractivity contribution in [2.75, 3.05) is 22.7 Å². The quantitative estimate of drug-likeness (QED) is 0.579. The van der Waals surface area contributed by atoms with Crippen molar-refractivity contribution in [2.24, 2.45) is 0 Å². The normalized spacial score (nSPS) is 14.7. The fraction of sp³-hybridized carbons (Fsp3) is 0.292. The predicted octanol–water partition coefficient (Wildman–Crippen LogP) is 3.29. The Labute approximate surface area is 194 Å². The molecule has 3 aromatic rings. The number of nitrogens with zero attached hydrogens (tertiary/aromatic N) is 3. The zero-order valence-electron chi connectivity index (χ0n) is 18.7. The number of piperidine rings is 1. The van der Waals surface area contributed by atoms with Gasteiger partial charge in [-0.05, 0) is 74.2 Å². The molecule has 1 aliphatic rings. The number of sulfonamides is 1. The van der Waals surface area contributed by atoms with Gasteiger partial charge in [0.2, 0.25) is 5.95 Å². The van der Waals surface area contributed by atoms with E-state index in [1.165, 1.54) is 0 Å². The van der Waals surface area contributed by atoms with Crippen molar-refractivity contribution in [3.8, 4) is 0 Å². The Morgan fingerprint density at radius 1 is 1.00 bits per heavy atom. The smallest absolute Gasteiger partial charge is 0.262 e. The number of benzene rings is 2. The van der Waals surface area contributed by atoms with Gasteiger partial charge in [0, 0.05) is 42.8 Å². The Morgan fingerprint density at radius 2 is 1.67 bits per heavy atom. The second kappa shape index (κ2) is 9.58. The zero-order chi connectivity index (χ0) is 23.4. The van der Waals surface area contributed by atoms with Crippen molar-refractivity contribution >= 4 is 27.6 Å². The molecule has 33 heavy (non-hydrogen) atoms. The molecule has 4 rings (SSSR count). The van der Waals surface area contributed by atoms with Gasteiger partial charge in [-0.25, -0.2) is 18.4 Å². The fourth-order valence-corrected chi connectivity index (χ4v) is 5.23. The molecule has 1 saturated heterocycles. The minimum Gasteiger partial charge on any atom is -0.349 e. The Bertz CT molecular complexity index is 1220. The highest BCUT2D eigenvalue weighted by Gasteiger charge is 2.23. The summed E-state index contributed by atoms with van der Waals surface area (Å²) in [6.07, 6.45) is 5.06. The van der Waals surface area contributed by atoms with Crippen LogP contribution in [0.15, 0.2) is 65.8 Å². The number of hydrogen-bond donors (Lipinski definition) is 2. The van der Waals surface area contributed by atoms with Crippen LogP contribution in [0.5, 0.6) is 0 Å². The molecule has 0 saturated carbocycles. The third-order valence-electron chi connectivity index (χ3n) is 5.70. The number of amides is 1. The van der Waals surface area contributed by atoms with Crippen LogP contribution in [0.4, 0.5) is 11.6 Å². The van der Waals surface area contributed by atoms with Crippen LogP contribution in [0.25, 0.3) is 0 Å². The molecule has 1 aromatic heterocycles. The van der Waals surface area contributed by atoms with Crippen LogP contribution in [-0.4, -0.2) is 43.4 Å². The summed E-state index contributed by atoms with van der Waals surface area (Å²) in [5.41, 5.74) is 2.44. The summed E-state index contributed by atoms with van der Waals surface area (Å²) in [6.45, 7) is 5.16. The first-order valence-corrected chi connectivity index (χ1v) is 12.3. The third-order valence-corrected chi connectivity index (χ3v) is 7.22. The van der Waals surface area contributed by atoms with Crippen molar-refractivity contribution in [3.05, 3.63) is 77.6 Å². The van der Waals surface area contributed by atoms with Crippen LogP contribution in [-0.2, 0) is 10.0 Å². The van der Waals surface area contributed by atoms with Crippen molar-refractivity contribution in [2.45, 2.75) is 37.6 Å². The molecule has 0 bridgehead atoms. The molecule has 0 radical (unpaired) electrons. The number of hydrogen-bond acceptors (Lipinski definition) is 6. The van der Waals surface area contributed by atoms with Gasteiger partial charge in [-0.2, -0.15) is 0 Å². The van der Waals surface area contributed by atoms with E-state index in [4.69, 9.17) is 0 Å². The summed E-state index contributed by atoms with van der Waals surface area (Å²) < 4.78 is 28.2. The van der Waals surface area contributed by atoms with E-state index in [1.807, 2.05) is 13.0 Å². The lowest BCUT2D eigenvalue weighted by Gasteiger charge is -2.32. The topological polar surface area (TPSA) is 104 Å². The molecule has 8 nitrogen and oxygen atoms in total. The summed E-state index contributed by atoms with van der Waals surface area (Å²) in [5, 5.41) is 3.07. The van der Waals surface area contributed by atoms with Gasteiger partial charge in [0.1, 0.15) is 0 Å². The average Bonchev–Trinajstić information content (AvgIpc) is 2.82. The van der Waals surface area contributed by atoms with E-state index in [2.05, 4.69) is 24.9 Å². The standard InChI is InChI=1S/C24H27N5O3S/c1-17-4-5-18(2)22(16-17)33(31,32)28-21-8-6-19(7-9-21)23(30)27-20-10-14-29(15-11-20)24-25-12-3-13-26-24/h3-9,12-13,16,20,28H,10-11,14-15H2,1-2H3,(H,27,30). The van der Waals surface area contributed by atoms with Gasteiger partial charge in [-0.15, -0.1) is 0 Å². The molecule has 0 unspecified atom stereocenters. The summed E-state index contributed by atoms with van der Waals surface area (Å²) in [7, 11) is -3.72. The number of aryl methyl sites for hydroxylation is 2. The maximum Gasteiger partial charge on any atom is 0.262 e. The van der Waals surface area contributed by atoms with Crippen LogP contribution in [0.2, 0.25) is 0 Å². The zero-order valence-corrected chi connectivity index (χ0v) is 19.5. The van der Waals surface area contributed by atoms with Crippen LogP contribution in [0.3, 0.4) is 0 Å². The van der Waals surface area contributed by atoms with Gasteiger partial charge in [0.25, 0.3) is 15.9 Å². The minimum absolute atomic E-state index is 0.0694. The summed E-state index contributed by atoms with van der Waals surface area (Å²) in [4.78, 5) is 23.6. The molecule has 1 amide bonds. The second-order valence-electron chi connectivity index (χ2n) is 8.24. The lowest BCUT2D eigenvalue weighted by atomic mass is 10.0. The first kappa shape index (κ1) is 22.7. The average molecular weight is 466 g/mol. The minimum atomic E-state index is -3.72. The second-order valence-corrected chi connectivity index (χ2v) is 9.89. The Morgan fingerprint density at radius 3 is 2.33 bits per heavy atom. The Kier molecular flexibility index (Phi) is 6.60. The van der Waals surface area contributed by atoms with E-state index in [-0.39, 0.29) is 16.8 Å². The predicted molar refractivity (Wildman–Crippen MR) is 128 cm³/mol. The number of carbonyl (C=O) groups excluding carboxylic acids is 1. The van der Waals surface area contributed by atoms with Crippen LogP contribution < -0.4 is 14.9 Å². The monoisotopic (exact) mass is 465 g/mol. The number of carbonyl (C=O) groups is 1. The van der Waals surface area contributed by atoms with Gasteiger partial charge < -0.3 is 10.2 Å². The van der Waals surface area contributed by atoms with E-state index < -0.39 is 10.0 Å². The highest BCUT2D eigenvalue weighted by Crippen LogP contribution is 2.21. The molecule has 2 aromatic carbocycles. The summed E-state index contributed by atoms with van der Waals surface area (Å²) >= 11 is 0. The highest BCUT2D eigenvalue weighted by atomic mass is 32.2. The highest BCUT2D eigenvalue weighted by molar-refractivity contribution is 7.92. The molecule has 2 heterocycles. The van der Waals surface area contributed by atoms with Gasteiger partial charge >= 0.3 is 0 Å². The van der Waals surface area contributed by atoms with Gasteiger partial charge in [0.15, 0.2) is 0 Å². The molecular weight excluding hydrogens is 438 g/mol. The van der Waals surface area contributed by atoms with Crippen LogP contribution in [0.1, 0.15) is 34.3 Å². The molecule has 2 N–H and O–H groups in total. The van der Waals surface area contributed by atoms with Crippen molar-refractivity contribution < 1.29 is 13.2 Å². The molecule has 0 atom stereocenters. The Balaban J connectivity index is 1.34. The summed E-state index contributed by atoms with van der Waals surface area (Å²) in [6, 6.07) is 13.6. The third kappa shape index (κ3) is 5.48.